The van der Waals surface area contributed by atoms with Crippen LogP contribution in [0.5, 0.6) is 0 Å². The molecule has 0 aromatic carbocycles. The van der Waals surface area contributed by atoms with Crippen molar-refractivity contribution in [3.8, 4) is 0 Å². The fraction of sp³-hybridized carbons (Fsp3) is 1.00. The van der Waals surface area contributed by atoms with Gasteiger partial charge >= 0.3 is 0 Å². The van der Waals surface area contributed by atoms with Gasteiger partial charge in [0.25, 0.3) is 0 Å². The molecule has 2 heteroatoms. The van der Waals surface area contributed by atoms with E-state index < -0.39 is 0 Å². The molecule has 2 aliphatic rings. The molecule has 2 nitrogen and oxygen atoms in total. The number of likely N-dealkylation sites (tertiary alicyclic amines) is 1. The Bertz CT molecular complexity index is 200. The molecule has 0 aromatic heterocycles. The zero-order valence-corrected chi connectivity index (χ0v) is 9.63. The Kier molecular flexibility index (Phi) is 2.85. The molecule has 2 unspecified atom stereocenters. The Hall–Kier alpha value is -0.0800. The third kappa shape index (κ3) is 1.96. The van der Waals surface area contributed by atoms with Crippen molar-refractivity contribution in [3.63, 3.8) is 0 Å². The monoisotopic (exact) mass is 196 g/mol. The van der Waals surface area contributed by atoms with Crippen LogP contribution in [0.4, 0.5) is 0 Å². The topological polar surface area (TPSA) is 29.3 Å². The summed E-state index contributed by atoms with van der Waals surface area (Å²) >= 11 is 0. The van der Waals surface area contributed by atoms with Gasteiger partial charge in [-0.15, -0.1) is 0 Å². The highest BCUT2D eigenvalue weighted by Crippen LogP contribution is 2.40. The van der Waals surface area contributed by atoms with Gasteiger partial charge in [0.2, 0.25) is 0 Å². The van der Waals surface area contributed by atoms with E-state index in [1.807, 2.05) is 0 Å². The molecule has 1 aliphatic carbocycles. The highest BCUT2D eigenvalue weighted by molar-refractivity contribution is 4.96. The van der Waals surface area contributed by atoms with Crippen LogP contribution in [0.3, 0.4) is 0 Å². The second-order valence-electron chi connectivity index (χ2n) is 5.53. The van der Waals surface area contributed by atoms with Gasteiger partial charge in [-0.25, -0.2) is 0 Å². The summed E-state index contributed by atoms with van der Waals surface area (Å²) in [5.41, 5.74) is 6.27. The zero-order chi connectivity index (χ0) is 10.2. The average molecular weight is 196 g/mol. The van der Waals surface area contributed by atoms with Crippen LogP contribution in [-0.4, -0.2) is 29.6 Å². The van der Waals surface area contributed by atoms with Crippen LogP contribution in [0.15, 0.2) is 0 Å². The van der Waals surface area contributed by atoms with Gasteiger partial charge in [-0.2, -0.15) is 0 Å². The van der Waals surface area contributed by atoms with Gasteiger partial charge < -0.3 is 5.73 Å². The van der Waals surface area contributed by atoms with E-state index >= 15 is 0 Å². The molecule has 2 fully saturated rings. The molecule has 0 bridgehead atoms. The molecule has 1 saturated heterocycles. The lowest BCUT2D eigenvalue weighted by Crippen LogP contribution is -2.53. The van der Waals surface area contributed by atoms with Crippen molar-refractivity contribution in [3.05, 3.63) is 0 Å². The predicted molar refractivity (Wildman–Crippen MR) is 60.2 cm³/mol. The molecule has 2 rings (SSSR count). The fourth-order valence-electron chi connectivity index (χ4n) is 3.00. The maximum absolute atomic E-state index is 5.98. The van der Waals surface area contributed by atoms with E-state index in [0.717, 1.165) is 18.5 Å². The summed E-state index contributed by atoms with van der Waals surface area (Å²) in [5, 5.41) is 0. The zero-order valence-electron chi connectivity index (χ0n) is 9.63. The third-order valence-electron chi connectivity index (χ3n) is 4.11. The van der Waals surface area contributed by atoms with E-state index in [9.17, 15) is 0 Å². The van der Waals surface area contributed by atoms with Crippen LogP contribution in [0, 0.1) is 5.92 Å². The van der Waals surface area contributed by atoms with E-state index in [1.54, 1.807) is 0 Å². The molecule has 2 N–H and O–H groups in total. The Labute approximate surface area is 87.8 Å². The van der Waals surface area contributed by atoms with Gasteiger partial charge in [0, 0.05) is 18.1 Å². The first-order valence-corrected chi connectivity index (χ1v) is 6.12. The minimum atomic E-state index is 0.289. The number of nitrogens with zero attached hydrogens (tertiary/aromatic N) is 1. The van der Waals surface area contributed by atoms with Crippen molar-refractivity contribution < 1.29 is 0 Å². The molecular formula is C12H24N2. The van der Waals surface area contributed by atoms with Crippen molar-refractivity contribution >= 4 is 0 Å². The fourth-order valence-corrected chi connectivity index (χ4v) is 3.00. The molecule has 1 aliphatic heterocycles. The van der Waals surface area contributed by atoms with Gasteiger partial charge in [-0.05, 0) is 45.6 Å². The maximum Gasteiger partial charge on any atom is 0.0309 e. The normalized spacial score (nSPS) is 33.2. The van der Waals surface area contributed by atoms with Gasteiger partial charge in [-0.3, -0.25) is 4.90 Å². The molecule has 0 spiro atoms. The lowest BCUT2D eigenvalue weighted by molar-refractivity contribution is 0.0895. The van der Waals surface area contributed by atoms with Crippen molar-refractivity contribution in [2.45, 2.75) is 57.5 Å². The molecular weight excluding hydrogens is 172 g/mol. The molecule has 1 saturated carbocycles. The summed E-state index contributed by atoms with van der Waals surface area (Å²) in [6, 6.07) is 0.752. The molecule has 0 aromatic rings. The quantitative estimate of drug-likeness (QED) is 0.745. The lowest BCUT2D eigenvalue weighted by Gasteiger charge is -2.41. The Balaban J connectivity index is 2.00. The Morgan fingerprint density at radius 3 is 2.50 bits per heavy atom. The van der Waals surface area contributed by atoms with Crippen LogP contribution in [-0.2, 0) is 0 Å². The van der Waals surface area contributed by atoms with E-state index in [0.29, 0.717) is 0 Å². The summed E-state index contributed by atoms with van der Waals surface area (Å²) in [5.74, 6) is 0.983. The smallest absolute Gasteiger partial charge is 0.0309 e. The van der Waals surface area contributed by atoms with Crippen LogP contribution >= 0.6 is 0 Å². The summed E-state index contributed by atoms with van der Waals surface area (Å²) in [7, 11) is 0. The highest BCUT2D eigenvalue weighted by Gasteiger charge is 2.40. The molecule has 82 valence electrons. The molecule has 2 atom stereocenters. The van der Waals surface area contributed by atoms with Crippen LogP contribution in [0.2, 0.25) is 0 Å². The molecule has 14 heavy (non-hydrogen) atoms. The van der Waals surface area contributed by atoms with Gasteiger partial charge in [-0.1, -0.05) is 12.8 Å². The lowest BCUT2D eigenvalue weighted by atomic mass is 9.92. The largest absolute Gasteiger partial charge is 0.329 e. The van der Waals surface area contributed by atoms with Crippen molar-refractivity contribution in [2.75, 3.05) is 13.1 Å². The summed E-state index contributed by atoms with van der Waals surface area (Å²) in [6.07, 6.45) is 6.94. The molecule has 0 amide bonds. The van der Waals surface area contributed by atoms with Crippen molar-refractivity contribution in [1.82, 2.24) is 4.90 Å². The van der Waals surface area contributed by atoms with Gasteiger partial charge in [0.15, 0.2) is 0 Å². The number of hydrogen-bond acceptors (Lipinski definition) is 2. The minimum Gasteiger partial charge on any atom is -0.329 e. The van der Waals surface area contributed by atoms with E-state index in [2.05, 4.69) is 18.7 Å². The van der Waals surface area contributed by atoms with Crippen LogP contribution in [0.1, 0.15) is 46.0 Å². The van der Waals surface area contributed by atoms with Gasteiger partial charge in [0.1, 0.15) is 0 Å². The van der Waals surface area contributed by atoms with E-state index in [-0.39, 0.29) is 5.54 Å². The number of hydrogen-bond donors (Lipinski definition) is 1. The first kappa shape index (κ1) is 10.4. The van der Waals surface area contributed by atoms with E-state index in [4.69, 9.17) is 5.73 Å². The Morgan fingerprint density at radius 1 is 1.36 bits per heavy atom. The Morgan fingerprint density at radius 2 is 2.07 bits per heavy atom. The van der Waals surface area contributed by atoms with Gasteiger partial charge in [0.05, 0.1) is 0 Å². The number of nitrogens with two attached hydrogens (primary N) is 1. The second-order valence-corrected chi connectivity index (χ2v) is 5.53. The number of rotatable bonds is 4. The summed E-state index contributed by atoms with van der Waals surface area (Å²) in [6.45, 7) is 6.82. The third-order valence-corrected chi connectivity index (χ3v) is 4.11. The summed E-state index contributed by atoms with van der Waals surface area (Å²) < 4.78 is 0. The van der Waals surface area contributed by atoms with Crippen LogP contribution < -0.4 is 5.73 Å². The summed E-state index contributed by atoms with van der Waals surface area (Å²) in [4.78, 5) is 2.66. The standard InChI is InChI=1S/C12H24N2/c1-10-4-3-7-14(10)12(2,9-13)8-11-5-6-11/h10-11H,3-9,13H2,1-2H3. The van der Waals surface area contributed by atoms with Crippen molar-refractivity contribution in [1.29, 1.82) is 0 Å². The van der Waals surface area contributed by atoms with Crippen molar-refractivity contribution in [2.24, 2.45) is 11.7 Å². The van der Waals surface area contributed by atoms with Crippen LogP contribution in [0.25, 0.3) is 0 Å². The predicted octanol–water partition coefficient (Wildman–Crippen LogP) is 1.99. The second kappa shape index (κ2) is 3.82. The first-order chi connectivity index (χ1) is 6.65. The highest BCUT2D eigenvalue weighted by atomic mass is 15.2. The minimum absolute atomic E-state index is 0.289. The maximum atomic E-state index is 5.98. The van der Waals surface area contributed by atoms with E-state index in [1.165, 1.54) is 38.6 Å². The molecule has 0 radical (unpaired) electrons. The SMILES string of the molecule is CC1CCCN1C(C)(CN)CC1CC1. The molecule has 1 heterocycles. The first-order valence-electron chi connectivity index (χ1n) is 6.12. The average Bonchev–Trinajstić information content (AvgIpc) is 2.86.